The Morgan fingerprint density at radius 3 is 2.22 bits per heavy atom. The molecule has 3 aromatic carbocycles. The molecule has 36 heavy (non-hydrogen) atoms. The SMILES string of the molecule is Cc1n[nH]c(C)c1NC(=O)c1ccc(NC(=O)/C=C/c2ccccc2OC(=O)c2ccccc2)cc1. The molecule has 0 aliphatic heterocycles. The number of para-hydroxylation sites is 1. The second-order valence-electron chi connectivity index (χ2n) is 7.96. The highest BCUT2D eigenvalue weighted by Gasteiger charge is 2.13. The van der Waals surface area contributed by atoms with E-state index in [9.17, 15) is 14.4 Å². The fourth-order valence-electron chi connectivity index (χ4n) is 3.42. The number of anilines is 2. The minimum Gasteiger partial charge on any atom is -0.422 e. The average molecular weight is 481 g/mol. The Labute approximate surface area is 208 Å². The van der Waals surface area contributed by atoms with Gasteiger partial charge in [0.25, 0.3) is 5.91 Å². The summed E-state index contributed by atoms with van der Waals surface area (Å²) < 4.78 is 5.50. The van der Waals surface area contributed by atoms with Crippen LogP contribution in [0.1, 0.15) is 37.7 Å². The van der Waals surface area contributed by atoms with Gasteiger partial charge in [-0.2, -0.15) is 5.10 Å². The van der Waals surface area contributed by atoms with Gasteiger partial charge in [-0.3, -0.25) is 14.7 Å². The first-order valence-corrected chi connectivity index (χ1v) is 11.2. The fraction of sp³-hybridized carbons (Fsp3) is 0.0714. The predicted octanol–water partition coefficient (Wildman–Crippen LogP) is 5.15. The summed E-state index contributed by atoms with van der Waals surface area (Å²) in [6.45, 7) is 3.63. The molecule has 0 unspecified atom stereocenters. The number of hydrogen-bond donors (Lipinski definition) is 3. The molecule has 0 spiro atoms. The first-order valence-electron chi connectivity index (χ1n) is 11.2. The molecule has 0 saturated heterocycles. The Bertz CT molecular complexity index is 1400. The van der Waals surface area contributed by atoms with Crippen molar-refractivity contribution < 1.29 is 19.1 Å². The molecule has 0 atom stereocenters. The second kappa shape index (κ2) is 11.0. The van der Waals surface area contributed by atoms with Gasteiger partial charge in [0.15, 0.2) is 0 Å². The minimum absolute atomic E-state index is 0.276. The van der Waals surface area contributed by atoms with Gasteiger partial charge in [-0.05, 0) is 62.4 Å². The molecule has 0 fully saturated rings. The van der Waals surface area contributed by atoms with Gasteiger partial charge in [0.05, 0.1) is 22.6 Å². The second-order valence-corrected chi connectivity index (χ2v) is 7.96. The van der Waals surface area contributed by atoms with Crippen LogP contribution in [-0.2, 0) is 4.79 Å². The van der Waals surface area contributed by atoms with E-state index in [-0.39, 0.29) is 11.8 Å². The number of nitrogens with one attached hydrogen (secondary N) is 3. The molecule has 1 aromatic heterocycles. The number of aryl methyl sites for hydroxylation is 2. The number of aromatic amines is 1. The van der Waals surface area contributed by atoms with Gasteiger partial charge in [0, 0.05) is 22.9 Å². The van der Waals surface area contributed by atoms with Crippen LogP contribution < -0.4 is 15.4 Å². The lowest BCUT2D eigenvalue weighted by Crippen LogP contribution is -2.13. The van der Waals surface area contributed by atoms with Crippen LogP contribution in [0.25, 0.3) is 6.08 Å². The molecule has 180 valence electrons. The van der Waals surface area contributed by atoms with Gasteiger partial charge in [0.1, 0.15) is 5.75 Å². The number of carbonyl (C=O) groups is 3. The van der Waals surface area contributed by atoms with E-state index in [1.807, 2.05) is 13.0 Å². The summed E-state index contributed by atoms with van der Waals surface area (Å²) in [6.07, 6.45) is 2.92. The van der Waals surface area contributed by atoms with E-state index < -0.39 is 5.97 Å². The van der Waals surface area contributed by atoms with E-state index in [0.717, 1.165) is 5.69 Å². The number of rotatable bonds is 7. The first kappa shape index (κ1) is 24.2. The van der Waals surface area contributed by atoms with Crippen molar-refractivity contribution in [2.24, 2.45) is 0 Å². The van der Waals surface area contributed by atoms with Crippen LogP contribution in [-0.4, -0.2) is 28.0 Å². The number of esters is 1. The molecule has 8 nitrogen and oxygen atoms in total. The van der Waals surface area contributed by atoms with Crippen molar-refractivity contribution in [3.8, 4) is 5.75 Å². The summed E-state index contributed by atoms with van der Waals surface area (Å²) in [6, 6.07) is 22.1. The number of ether oxygens (including phenoxy) is 1. The predicted molar refractivity (Wildman–Crippen MR) is 138 cm³/mol. The summed E-state index contributed by atoms with van der Waals surface area (Å²) in [5.41, 5.74) is 4.10. The van der Waals surface area contributed by atoms with Crippen LogP contribution in [0.5, 0.6) is 5.75 Å². The molecule has 3 N–H and O–H groups in total. The fourth-order valence-corrected chi connectivity index (χ4v) is 3.42. The first-order chi connectivity index (χ1) is 17.4. The molecular formula is C28H24N4O4. The number of H-pyrrole nitrogens is 1. The molecule has 0 radical (unpaired) electrons. The lowest BCUT2D eigenvalue weighted by atomic mass is 10.1. The van der Waals surface area contributed by atoms with Gasteiger partial charge in [0.2, 0.25) is 5.91 Å². The van der Waals surface area contributed by atoms with E-state index in [0.29, 0.717) is 39.5 Å². The minimum atomic E-state index is -0.483. The quantitative estimate of drug-likeness (QED) is 0.192. The molecule has 1 heterocycles. The summed E-state index contributed by atoms with van der Waals surface area (Å²) in [4.78, 5) is 37.4. The van der Waals surface area contributed by atoms with E-state index in [1.54, 1.807) is 85.8 Å². The highest BCUT2D eigenvalue weighted by atomic mass is 16.5. The van der Waals surface area contributed by atoms with Crippen molar-refractivity contribution in [3.63, 3.8) is 0 Å². The molecular weight excluding hydrogens is 456 g/mol. The summed E-state index contributed by atoms with van der Waals surface area (Å²) in [5, 5.41) is 12.5. The molecule has 0 bridgehead atoms. The van der Waals surface area contributed by atoms with Crippen molar-refractivity contribution in [1.29, 1.82) is 0 Å². The maximum Gasteiger partial charge on any atom is 0.343 e. The third kappa shape index (κ3) is 5.92. The van der Waals surface area contributed by atoms with Crippen LogP contribution in [0.2, 0.25) is 0 Å². The largest absolute Gasteiger partial charge is 0.422 e. The third-order valence-electron chi connectivity index (χ3n) is 5.33. The van der Waals surface area contributed by atoms with Crippen LogP contribution >= 0.6 is 0 Å². The average Bonchev–Trinajstić information content (AvgIpc) is 3.21. The number of amides is 2. The van der Waals surface area contributed by atoms with Crippen molar-refractivity contribution in [1.82, 2.24) is 10.2 Å². The van der Waals surface area contributed by atoms with E-state index >= 15 is 0 Å². The molecule has 4 aromatic rings. The topological polar surface area (TPSA) is 113 Å². The van der Waals surface area contributed by atoms with Crippen molar-refractivity contribution in [3.05, 3.63) is 113 Å². The van der Waals surface area contributed by atoms with E-state index in [2.05, 4.69) is 20.8 Å². The van der Waals surface area contributed by atoms with Gasteiger partial charge in [-0.25, -0.2) is 4.79 Å². The smallest absolute Gasteiger partial charge is 0.343 e. The van der Waals surface area contributed by atoms with Crippen LogP contribution in [0.15, 0.2) is 84.9 Å². The lowest BCUT2D eigenvalue weighted by molar-refractivity contribution is -0.111. The monoisotopic (exact) mass is 480 g/mol. The van der Waals surface area contributed by atoms with E-state index in [1.165, 1.54) is 6.08 Å². The van der Waals surface area contributed by atoms with E-state index in [4.69, 9.17) is 4.74 Å². The molecule has 4 rings (SSSR count). The van der Waals surface area contributed by atoms with Crippen molar-refractivity contribution in [2.75, 3.05) is 10.6 Å². The van der Waals surface area contributed by atoms with Gasteiger partial charge >= 0.3 is 5.97 Å². The highest BCUT2D eigenvalue weighted by molar-refractivity contribution is 6.06. The summed E-state index contributed by atoms with van der Waals surface area (Å²) in [7, 11) is 0. The Balaban J connectivity index is 1.37. The Hall–Kier alpha value is -4.98. The third-order valence-corrected chi connectivity index (χ3v) is 5.33. The maximum absolute atomic E-state index is 12.5. The number of hydrogen-bond acceptors (Lipinski definition) is 5. The zero-order valence-corrected chi connectivity index (χ0v) is 19.7. The number of carbonyl (C=O) groups excluding carboxylic acids is 3. The summed E-state index contributed by atoms with van der Waals surface area (Å²) in [5.74, 6) is -0.792. The normalized spacial score (nSPS) is 10.7. The Kier molecular flexibility index (Phi) is 7.36. The number of nitrogens with zero attached hydrogens (tertiary/aromatic N) is 1. The molecule has 0 saturated carbocycles. The Morgan fingerprint density at radius 2 is 1.53 bits per heavy atom. The zero-order valence-electron chi connectivity index (χ0n) is 19.7. The molecule has 0 aliphatic carbocycles. The summed E-state index contributed by atoms with van der Waals surface area (Å²) >= 11 is 0. The van der Waals surface area contributed by atoms with Crippen LogP contribution in [0, 0.1) is 13.8 Å². The maximum atomic E-state index is 12.5. The van der Waals surface area contributed by atoms with Crippen molar-refractivity contribution in [2.45, 2.75) is 13.8 Å². The standard InChI is InChI=1S/C28H24N4O4/c1-18-26(19(2)32-31-18)30-27(34)21-12-15-23(16-13-21)29-25(33)17-14-20-8-6-7-11-24(20)36-28(35)22-9-4-3-5-10-22/h3-17H,1-2H3,(H,29,33)(H,30,34)(H,31,32)/b17-14+. The number of aromatic nitrogens is 2. The van der Waals surface area contributed by atoms with Gasteiger partial charge in [-0.1, -0.05) is 36.4 Å². The van der Waals surface area contributed by atoms with Crippen molar-refractivity contribution >= 4 is 35.2 Å². The van der Waals surface area contributed by atoms with Crippen LogP contribution in [0.3, 0.4) is 0 Å². The molecule has 2 amide bonds. The molecule has 8 heteroatoms. The van der Waals surface area contributed by atoms with Crippen LogP contribution in [0.4, 0.5) is 11.4 Å². The lowest BCUT2D eigenvalue weighted by Gasteiger charge is -2.08. The van der Waals surface area contributed by atoms with Gasteiger partial charge < -0.3 is 15.4 Å². The molecule has 0 aliphatic rings. The Morgan fingerprint density at radius 1 is 0.833 bits per heavy atom. The zero-order chi connectivity index (χ0) is 25.5. The number of benzene rings is 3. The highest BCUT2D eigenvalue weighted by Crippen LogP contribution is 2.21. The van der Waals surface area contributed by atoms with Gasteiger partial charge in [-0.15, -0.1) is 0 Å².